The van der Waals surface area contributed by atoms with E-state index < -0.39 is 17.6 Å². The highest BCUT2D eigenvalue weighted by Crippen LogP contribution is 2.42. The van der Waals surface area contributed by atoms with Gasteiger partial charge in [0, 0.05) is 29.1 Å². The Morgan fingerprint density at radius 2 is 1.77 bits per heavy atom. The van der Waals surface area contributed by atoms with Gasteiger partial charge in [0.15, 0.2) is 5.82 Å². The standard InChI is InChI=1S/C21H15F4N3OS/c1-29-13-5-3-12(4-6-13)11-30-17-9-14-18(20-26-7-2-8-27-20)15(21(23,24)25)10-16(22)19(14)28-17/h2-10,28H,11H2,1H3. The molecule has 0 radical (unpaired) electrons. The maximum absolute atomic E-state index is 14.5. The fourth-order valence-corrected chi connectivity index (χ4v) is 3.97. The second kappa shape index (κ2) is 7.98. The monoisotopic (exact) mass is 433 g/mol. The van der Waals surface area contributed by atoms with Crippen LogP contribution in [0.15, 0.2) is 59.9 Å². The third-order valence-electron chi connectivity index (χ3n) is 4.49. The second-order valence-corrected chi connectivity index (χ2v) is 7.43. The molecule has 2 aromatic heterocycles. The molecule has 2 aromatic carbocycles. The van der Waals surface area contributed by atoms with Crippen LogP contribution in [0.25, 0.3) is 22.3 Å². The fraction of sp³-hybridized carbons (Fsp3) is 0.143. The average Bonchev–Trinajstić information content (AvgIpc) is 3.17. The highest BCUT2D eigenvalue weighted by molar-refractivity contribution is 7.98. The molecule has 0 saturated heterocycles. The zero-order chi connectivity index (χ0) is 21.3. The van der Waals surface area contributed by atoms with E-state index in [9.17, 15) is 17.6 Å². The molecule has 0 atom stereocenters. The van der Waals surface area contributed by atoms with Crippen LogP contribution in [-0.4, -0.2) is 22.1 Å². The number of thioether (sulfide) groups is 1. The minimum absolute atomic E-state index is 0.0114. The number of fused-ring (bicyclic) bond motifs is 1. The first-order chi connectivity index (χ1) is 14.4. The lowest BCUT2D eigenvalue weighted by Gasteiger charge is -2.13. The Balaban J connectivity index is 1.76. The molecular formula is C21H15F4N3OS. The van der Waals surface area contributed by atoms with Gasteiger partial charge >= 0.3 is 6.18 Å². The van der Waals surface area contributed by atoms with Crippen LogP contribution in [0.1, 0.15) is 11.1 Å². The predicted molar refractivity (Wildman–Crippen MR) is 107 cm³/mol. The number of rotatable bonds is 5. The van der Waals surface area contributed by atoms with Crippen molar-refractivity contribution in [2.75, 3.05) is 7.11 Å². The molecule has 4 aromatic rings. The maximum atomic E-state index is 14.5. The number of H-pyrrole nitrogens is 1. The summed E-state index contributed by atoms with van der Waals surface area (Å²) >= 11 is 1.35. The highest BCUT2D eigenvalue weighted by Gasteiger charge is 2.37. The van der Waals surface area contributed by atoms with Crippen molar-refractivity contribution in [2.24, 2.45) is 0 Å². The number of hydrogen-bond donors (Lipinski definition) is 1. The molecule has 0 aliphatic carbocycles. The van der Waals surface area contributed by atoms with E-state index in [0.717, 1.165) is 11.3 Å². The molecular weight excluding hydrogens is 418 g/mol. The van der Waals surface area contributed by atoms with Crippen molar-refractivity contribution in [3.63, 3.8) is 0 Å². The summed E-state index contributed by atoms with van der Waals surface area (Å²) < 4.78 is 60.6. The van der Waals surface area contributed by atoms with E-state index in [1.807, 2.05) is 24.3 Å². The van der Waals surface area contributed by atoms with Gasteiger partial charge in [-0.05, 0) is 35.9 Å². The van der Waals surface area contributed by atoms with Gasteiger partial charge in [0.1, 0.15) is 11.6 Å². The summed E-state index contributed by atoms with van der Waals surface area (Å²) in [5.74, 6) is 0.180. The molecule has 0 amide bonds. The van der Waals surface area contributed by atoms with Crippen LogP contribution in [0.2, 0.25) is 0 Å². The molecule has 9 heteroatoms. The van der Waals surface area contributed by atoms with Crippen molar-refractivity contribution in [3.8, 4) is 17.1 Å². The smallest absolute Gasteiger partial charge is 0.417 e. The molecule has 2 heterocycles. The predicted octanol–water partition coefficient (Wildman–Crippen LogP) is 6.08. The second-order valence-electron chi connectivity index (χ2n) is 6.41. The number of aromatic amines is 1. The quantitative estimate of drug-likeness (QED) is 0.306. The molecule has 0 unspecified atom stereocenters. The van der Waals surface area contributed by atoms with E-state index >= 15 is 0 Å². The van der Waals surface area contributed by atoms with Crippen molar-refractivity contribution in [1.29, 1.82) is 0 Å². The van der Waals surface area contributed by atoms with Gasteiger partial charge in [-0.25, -0.2) is 14.4 Å². The van der Waals surface area contributed by atoms with E-state index in [1.165, 1.54) is 36.3 Å². The lowest BCUT2D eigenvalue weighted by molar-refractivity contribution is -0.137. The highest BCUT2D eigenvalue weighted by atomic mass is 32.2. The molecule has 0 bridgehead atoms. The zero-order valence-corrected chi connectivity index (χ0v) is 16.4. The van der Waals surface area contributed by atoms with Gasteiger partial charge in [-0.15, -0.1) is 11.8 Å². The minimum atomic E-state index is -4.75. The first-order valence-corrected chi connectivity index (χ1v) is 9.81. The van der Waals surface area contributed by atoms with Crippen LogP contribution in [0.3, 0.4) is 0 Å². The number of alkyl halides is 3. The number of nitrogens with one attached hydrogen (secondary N) is 1. The zero-order valence-electron chi connectivity index (χ0n) is 15.6. The molecule has 4 rings (SSSR count). The molecule has 1 N–H and O–H groups in total. The molecule has 0 aliphatic heterocycles. The summed E-state index contributed by atoms with van der Waals surface area (Å²) in [5.41, 5.74) is -0.373. The van der Waals surface area contributed by atoms with Crippen LogP contribution in [0.5, 0.6) is 5.75 Å². The molecule has 0 fully saturated rings. The largest absolute Gasteiger partial charge is 0.497 e. The number of aromatic nitrogens is 3. The number of benzene rings is 2. The lowest BCUT2D eigenvalue weighted by atomic mass is 10.0. The molecule has 0 saturated carbocycles. The number of halogens is 4. The van der Waals surface area contributed by atoms with Gasteiger partial charge in [0.2, 0.25) is 0 Å². The molecule has 154 valence electrons. The first kappa shape index (κ1) is 20.2. The van der Waals surface area contributed by atoms with Crippen LogP contribution >= 0.6 is 11.8 Å². The topological polar surface area (TPSA) is 50.8 Å². The summed E-state index contributed by atoms with van der Waals surface area (Å²) in [6.45, 7) is 0. The number of methoxy groups -OCH3 is 1. The number of hydrogen-bond acceptors (Lipinski definition) is 4. The molecule has 4 nitrogen and oxygen atoms in total. The van der Waals surface area contributed by atoms with Crippen molar-refractivity contribution >= 4 is 22.7 Å². The normalized spacial score (nSPS) is 11.8. The lowest BCUT2D eigenvalue weighted by Crippen LogP contribution is -2.09. The average molecular weight is 433 g/mol. The van der Waals surface area contributed by atoms with E-state index in [4.69, 9.17) is 4.74 Å². The van der Waals surface area contributed by atoms with Crippen LogP contribution in [0, 0.1) is 5.82 Å². The Morgan fingerprint density at radius 1 is 1.07 bits per heavy atom. The number of nitrogens with zero attached hydrogens (tertiary/aromatic N) is 2. The Bertz CT molecular complexity index is 1180. The Hall–Kier alpha value is -3.07. The summed E-state index contributed by atoms with van der Waals surface area (Å²) in [7, 11) is 1.58. The molecule has 30 heavy (non-hydrogen) atoms. The fourth-order valence-electron chi connectivity index (χ4n) is 3.08. The molecule has 0 spiro atoms. The van der Waals surface area contributed by atoms with Gasteiger partial charge in [0.25, 0.3) is 0 Å². The third kappa shape index (κ3) is 3.97. The third-order valence-corrected chi connectivity index (χ3v) is 5.50. The summed E-state index contributed by atoms with van der Waals surface area (Å²) in [6, 6.07) is 10.9. The van der Waals surface area contributed by atoms with E-state index in [1.54, 1.807) is 7.11 Å². The van der Waals surface area contributed by atoms with Gasteiger partial charge in [0.05, 0.1) is 23.2 Å². The first-order valence-electron chi connectivity index (χ1n) is 8.82. The van der Waals surface area contributed by atoms with Gasteiger partial charge in [-0.3, -0.25) is 0 Å². The Labute approximate surface area is 173 Å². The Morgan fingerprint density at radius 3 is 2.40 bits per heavy atom. The molecule has 0 aliphatic rings. The van der Waals surface area contributed by atoms with Crippen LogP contribution < -0.4 is 4.74 Å². The SMILES string of the molecule is COc1ccc(CSc2cc3c(-c4ncccn4)c(C(F)(F)F)cc(F)c3[nH]2)cc1. The minimum Gasteiger partial charge on any atom is -0.497 e. The van der Waals surface area contributed by atoms with Crippen molar-refractivity contribution < 1.29 is 22.3 Å². The summed E-state index contributed by atoms with van der Waals surface area (Å²) in [5, 5.41) is 0.627. The van der Waals surface area contributed by atoms with E-state index in [0.29, 0.717) is 16.8 Å². The van der Waals surface area contributed by atoms with Gasteiger partial charge in [-0.2, -0.15) is 13.2 Å². The van der Waals surface area contributed by atoms with E-state index in [2.05, 4.69) is 15.0 Å². The van der Waals surface area contributed by atoms with Crippen LogP contribution in [-0.2, 0) is 11.9 Å². The van der Waals surface area contributed by atoms with Crippen molar-refractivity contribution in [2.45, 2.75) is 17.0 Å². The number of ether oxygens (including phenoxy) is 1. The van der Waals surface area contributed by atoms with Crippen molar-refractivity contribution in [1.82, 2.24) is 15.0 Å². The summed E-state index contributed by atoms with van der Waals surface area (Å²) in [6.07, 6.45) is -2.05. The van der Waals surface area contributed by atoms with Gasteiger partial charge < -0.3 is 9.72 Å². The summed E-state index contributed by atoms with van der Waals surface area (Å²) in [4.78, 5) is 10.8. The van der Waals surface area contributed by atoms with Crippen molar-refractivity contribution in [3.05, 3.63) is 71.8 Å². The Kier molecular flexibility index (Phi) is 5.38. The van der Waals surface area contributed by atoms with E-state index in [-0.39, 0.29) is 22.3 Å². The van der Waals surface area contributed by atoms with Gasteiger partial charge in [-0.1, -0.05) is 12.1 Å². The maximum Gasteiger partial charge on any atom is 0.417 e. The van der Waals surface area contributed by atoms with Crippen LogP contribution in [0.4, 0.5) is 17.6 Å².